The van der Waals surface area contributed by atoms with E-state index in [0.29, 0.717) is 4.90 Å². The Morgan fingerprint density at radius 2 is 1.28 bits per heavy atom. The van der Waals surface area contributed by atoms with Gasteiger partial charge in [-0.25, -0.2) is 22.8 Å². The molecular formula is C23H38Cl2N2O10S2. The highest BCUT2D eigenvalue weighted by molar-refractivity contribution is 8.31. The number of amides is 2. The van der Waals surface area contributed by atoms with Crippen LogP contribution in [-0.4, -0.2) is 70.4 Å². The van der Waals surface area contributed by atoms with E-state index in [1.807, 2.05) is 5.48 Å². The Bertz CT molecular complexity index is 1140. The van der Waals surface area contributed by atoms with Crippen LogP contribution in [0, 0.1) is 5.92 Å². The molecule has 0 saturated heterocycles. The lowest BCUT2D eigenvalue weighted by molar-refractivity contribution is -0.158. The summed E-state index contributed by atoms with van der Waals surface area (Å²) in [5.74, 6) is -1.04. The Labute approximate surface area is 240 Å². The molecule has 1 N–H and O–H groups in total. The van der Waals surface area contributed by atoms with Crippen LogP contribution in [0.25, 0.3) is 0 Å². The lowest BCUT2D eigenvalue weighted by Gasteiger charge is -2.31. The van der Waals surface area contributed by atoms with Gasteiger partial charge in [0, 0.05) is 34.7 Å². The minimum Gasteiger partial charge on any atom is -0.444 e. The number of nitrogens with one attached hydrogen (secondary N) is 1. The van der Waals surface area contributed by atoms with Gasteiger partial charge in [-0.05, 0) is 59.6 Å². The predicted molar refractivity (Wildman–Crippen MR) is 148 cm³/mol. The number of likely N-dealkylation sites (N-methyl/N-ethyl adjacent to an activating group) is 1. The molecule has 0 unspecified atom stereocenters. The maximum absolute atomic E-state index is 12.2. The number of carbonyl (C=O) groups excluding carboxylic acids is 3. The van der Waals surface area contributed by atoms with E-state index in [2.05, 4.69) is 21.4 Å². The molecule has 226 valence electrons. The number of hydrogen-bond donors (Lipinski definition) is 1. The van der Waals surface area contributed by atoms with E-state index in [4.69, 9.17) is 22.7 Å². The summed E-state index contributed by atoms with van der Waals surface area (Å²) in [6.07, 6.45) is -0.351. The average Bonchev–Trinajstić information content (AvgIpc) is 2.69. The lowest BCUT2D eigenvalue weighted by Crippen LogP contribution is -2.50. The van der Waals surface area contributed by atoms with Gasteiger partial charge in [-0.2, -0.15) is 8.42 Å². The number of carbonyl (C=O) groups is 3. The van der Waals surface area contributed by atoms with Crippen molar-refractivity contribution in [2.45, 2.75) is 77.5 Å². The number of benzene rings is 1. The Morgan fingerprint density at radius 1 is 0.872 bits per heavy atom. The third-order valence-electron chi connectivity index (χ3n) is 3.78. The van der Waals surface area contributed by atoms with Crippen LogP contribution < -0.4 is 5.48 Å². The first kappa shape index (κ1) is 38.9. The van der Waals surface area contributed by atoms with Crippen molar-refractivity contribution in [1.82, 2.24) is 10.4 Å². The Morgan fingerprint density at radius 3 is 1.59 bits per heavy atom. The van der Waals surface area contributed by atoms with Gasteiger partial charge < -0.3 is 14.3 Å². The van der Waals surface area contributed by atoms with Crippen LogP contribution in [0.1, 0.15) is 55.4 Å². The third-order valence-corrected chi connectivity index (χ3v) is 4.91. The fourth-order valence-electron chi connectivity index (χ4n) is 2.44. The van der Waals surface area contributed by atoms with Crippen molar-refractivity contribution in [3.8, 4) is 0 Å². The van der Waals surface area contributed by atoms with E-state index in [1.54, 1.807) is 85.7 Å². The van der Waals surface area contributed by atoms with Crippen LogP contribution >= 0.6 is 21.4 Å². The molecule has 2 amide bonds. The minimum atomic E-state index is -3.72. The van der Waals surface area contributed by atoms with Crippen LogP contribution in [0.2, 0.25) is 0 Å². The van der Waals surface area contributed by atoms with Crippen LogP contribution in [0.5, 0.6) is 0 Å². The Hall–Kier alpha value is -2.29. The van der Waals surface area contributed by atoms with Crippen molar-refractivity contribution in [3.05, 3.63) is 30.3 Å². The summed E-state index contributed by atoms with van der Waals surface area (Å²) >= 11 is 0. The van der Waals surface area contributed by atoms with Gasteiger partial charge in [-0.1, -0.05) is 32.0 Å². The second-order valence-corrected chi connectivity index (χ2v) is 16.0. The van der Waals surface area contributed by atoms with Crippen molar-refractivity contribution in [1.29, 1.82) is 0 Å². The largest absolute Gasteiger partial charge is 0.444 e. The summed E-state index contributed by atoms with van der Waals surface area (Å²) in [7, 11) is 3.25. The number of nitrogens with zero attached hydrogens (tertiary/aromatic N) is 1. The summed E-state index contributed by atoms with van der Waals surface area (Å²) in [5.41, 5.74) is 0.517. The van der Waals surface area contributed by atoms with E-state index in [-0.39, 0.29) is 5.92 Å². The maximum Gasteiger partial charge on any atom is 0.441 e. The zero-order valence-electron chi connectivity index (χ0n) is 23.6. The molecule has 0 aliphatic heterocycles. The molecule has 0 spiro atoms. The zero-order chi connectivity index (χ0) is 31.4. The SMILES string of the molecule is CC(C)[C@@H](C(=O)ONC(=O)OC(C)(C)C)N(C)C(=O)OC(C)(C)C.CS(=O)(=O)c1ccccc1.O=S(=O)(Cl)Cl. The molecule has 16 heteroatoms. The highest BCUT2D eigenvalue weighted by atomic mass is 36.0. The quantitative estimate of drug-likeness (QED) is 0.279. The van der Waals surface area contributed by atoms with E-state index >= 15 is 0 Å². The van der Waals surface area contributed by atoms with Crippen molar-refractivity contribution in [2.75, 3.05) is 13.3 Å². The molecule has 0 bridgehead atoms. The molecule has 0 fully saturated rings. The van der Waals surface area contributed by atoms with Gasteiger partial charge in [0.15, 0.2) is 9.84 Å². The number of sulfone groups is 1. The number of hydroxylamine groups is 1. The van der Waals surface area contributed by atoms with Crippen LogP contribution in [-0.2, 0) is 37.2 Å². The van der Waals surface area contributed by atoms with E-state index < -0.39 is 53.5 Å². The van der Waals surface area contributed by atoms with Crippen molar-refractivity contribution in [3.63, 3.8) is 0 Å². The third kappa shape index (κ3) is 22.2. The summed E-state index contributed by atoms with van der Waals surface area (Å²) in [4.78, 5) is 42.2. The van der Waals surface area contributed by atoms with E-state index in [9.17, 15) is 22.8 Å². The topological polar surface area (TPSA) is 162 Å². The number of hydrogen-bond acceptors (Lipinski definition) is 10. The summed E-state index contributed by atoms with van der Waals surface area (Å²) in [6.45, 7) is 13.7. The molecule has 1 atom stereocenters. The molecule has 0 aliphatic rings. The molecule has 12 nitrogen and oxygen atoms in total. The predicted octanol–water partition coefficient (Wildman–Crippen LogP) is 4.66. The molecule has 0 aromatic heterocycles. The van der Waals surface area contributed by atoms with Crippen molar-refractivity contribution < 1.29 is 45.5 Å². The van der Waals surface area contributed by atoms with Crippen molar-refractivity contribution >= 4 is 57.6 Å². The molecule has 0 aliphatic carbocycles. The number of ether oxygens (including phenoxy) is 2. The monoisotopic (exact) mass is 636 g/mol. The zero-order valence-corrected chi connectivity index (χ0v) is 26.8. The number of rotatable bonds is 4. The molecule has 0 radical (unpaired) electrons. The molecule has 1 aromatic carbocycles. The van der Waals surface area contributed by atoms with E-state index in [1.165, 1.54) is 13.3 Å². The van der Waals surface area contributed by atoms with Crippen LogP contribution in [0.15, 0.2) is 35.2 Å². The van der Waals surface area contributed by atoms with Gasteiger partial charge in [0.05, 0.1) is 4.90 Å². The summed E-state index contributed by atoms with van der Waals surface area (Å²) in [5, 5.41) is 0. The van der Waals surface area contributed by atoms with Crippen LogP contribution in [0.3, 0.4) is 0 Å². The van der Waals surface area contributed by atoms with Gasteiger partial charge in [-0.15, -0.1) is 5.48 Å². The molecular weight excluding hydrogens is 599 g/mol. The van der Waals surface area contributed by atoms with Gasteiger partial charge in [0.1, 0.15) is 17.2 Å². The number of halogens is 2. The molecule has 0 saturated carbocycles. The first-order chi connectivity index (χ1) is 17.2. The standard InChI is InChI=1S/C16H30N2O6.C7H8O2S.Cl2O2S/c1-10(2)11(18(9)14(21)23-16(6,7)8)12(19)24-17-13(20)22-15(3,4)5;1-10(8,9)7-5-3-2-4-6-7;1-5(2,3)4/h10-11H,1-9H3,(H,17,20);2-6H,1H3;/t11-;;/m0../s1. The molecule has 1 aromatic rings. The normalized spacial score (nSPS) is 12.4. The van der Waals surface area contributed by atoms with Gasteiger partial charge in [-0.3, -0.25) is 4.90 Å². The van der Waals surface area contributed by atoms with E-state index in [0.717, 1.165) is 4.90 Å². The lowest BCUT2D eigenvalue weighted by atomic mass is 10.0. The van der Waals surface area contributed by atoms with Crippen LogP contribution in [0.4, 0.5) is 9.59 Å². The fourth-order valence-corrected chi connectivity index (χ4v) is 3.10. The average molecular weight is 638 g/mol. The minimum absolute atomic E-state index is 0.254. The first-order valence-corrected chi connectivity index (χ1v) is 16.3. The highest BCUT2D eigenvalue weighted by Gasteiger charge is 2.34. The Kier molecular flexibility index (Phi) is 16.0. The van der Waals surface area contributed by atoms with Crippen molar-refractivity contribution in [2.24, 2.45) is 5.92 Å². The maximum atomic E-state index is 12.2. The first-order valence-electron chi connectivity index (χ1n) is 11.3. The second-order valence-electron chi connectivity index (χ2n) is 10.3. The van der Waals surface area contributed by atoms with Gasteiger partial charge >= 0.3 is 26.4 Å². The molecule has 0 heterocycles. The highest BCUT2D eigenvalue weighted by Crippen LogP contribution is 2.16. The fraction of sp³-hybridized carbons (Fsp3) is 0.609. The van der Waals surface area contributed by atoms with Gasteiger partial charge in [0.25, 0.3) is 0 Å². The molecule has 39 heavy (non-hydrogen) atoms. The smallest absolute Gasteiger partial charge is 0.441 e. The van der Waals surface area contributed by atoms with Gasteiger partial charge in [0.2, 0.25) is 0 Å². The summed E-state index contributed by atoms with van der Waals surface area (Å²) in [6, 6.07) is 7.43. The summed E-state index contributed by atoms with van der Waals surface area (Å²) < 4.78 is 50.2. The second kappa shape index (κ2) is 16.1. The Balaban J connectivity index is 0. The molecule has 1 rings (SSSR count).